The predicted molar refractivity (Wildman–Crippen MR) is 57.6 cm³/mol. The van der Waals surface area contributed by atoms with Crippen molar-refractivity contribution in [2.45, 2.75) is 24.8 Å². The first-order valence-electron chi connectivity index (χ1n) is 5.24. The molecule has 0 saturated heterocycles. The van der Waals surface area contributed by atoms with E-state index in [1.165, 1.54) is 0 Å². The highest BCUT2D eigenvalue weighted by Crippen LogP contribution is 2.31. The maximum atomic E-state index is 11.8. The Morgan fingerprint density at radius 2 is 2.00 bits per heavy atom. The van der Waals surface area contributed by atoms with E-state index in [2.05, 4.69) is 5.32 Å². The van der Waals surface area contributed by atoms with Gasteiger partial charge in [-0.05, 0) is 31.4 Å². The van der Waals surface area contributed by atoms with Gasteiger partial charge in [0.25, 0.3) is 5.91 Å². The molecule has 0 radical (unpaired) electrons. The van der Waals surface area contributed by atoms with Gasteiger partial charge in [-0.15, -0.1) is 0 Å². The second kappa shape index (κ2) is 4.03. The van der Waals surface area contributed by atoms with Gasteiger partial charge < -0.3 is 10.4 Å². The molecule has 3 nitrogen and oxygen atoms in total. The number of hydrogen-bond acceptors (Lipinski definition) is 2. The van der Waals surface area contributed by atoms with Gasteiger partial charge in [-0.3, -0.25) is 4.79 Å². The highest BCUT2D eigenvalue weighted by molar-refractivity contribution is 5.94. The van der Waals surface area contributed by atoms with Crippen LogP contribution in [0.3, 0.4) is 0 Å². The molecule has 2 N–H and O–H groups in total. The summed E-state index contributed by atoms with van der Waals surface area (Å²) < 4.78 is 0. The molecule has 1 amide bonds. The zero-order valence-electron chi connectivity index (χ0n) is 8.57. The molecule has 1 saturated carbocycles. The predicted octanol–water partition coefficient (Wildman–Crippen LogP) is 1.33. The first-order chi connectivity index (χ1) is 7.26. The minimum absolute atomic E-state index is 0.0333. The van der Waals surface area contributed by atoms with Crippen LogP contribution in [0.15, 0.2) is 30.3 Å². The van der Waals surface area contributed by atoms with Crippen LogP contribution in [-0.2, 0) is 0 Å². The second-order valence-electron chi connectivity index (χ2n) is 4.11. The Kier molecular flexibility index (Phi) is 2.73. The molecule has 0 atom stereocenters. The molecule has 1 aliphatic rings. The van der Waals surface area contributed by atoms with Crippen LogP contribution in [0.1, 0.15) is 29.6 Å². The third-order valence-corrected chi connectivity index (χ3v) is 3.03. The largest absolute Gasteiger partial charge is 0.394 e. The average molecular weight is 205 g/mol. The van der Waals surface area contributed by atoms with Crippen molar-refractivity contribution in [1.82, 2.24) is 5.32 Å². The zero-order valence-corrected chi connectivity index (χ0v) is 8.57. The van der Waals surface area contributed by atoms with Gasteiger partial charge in [0.05, 0.1) is 12.1 Å². The Bertz CT molecular complexity index is 338. The van der Waals surface area contributed by atoms with Crippen molar-refractivity contribution < 1.29 is 9.90 Å². The first kappa shape index (κ1) is 10.2. The monoisotopic (exact) mass is 205 g/mol. The Balaban J connectivity index is 2.04. The summed E-state index contributed by atoms with van der Waals surface area (Å²) in [5.41, 5.74) is 0.296. The minimum Gasteiger partial charge on any atom is -0.394 e. The van der Waals surface area contributed by atoms with E-state index in [-0.39, 0.29) is 18.1 Å². The lowest BCUT2D eigenvalue weighted by Gasteiger charge is -2.40. The smallest absolute Gasteiger partial charge is 0.251 e. The fourth-order valence-electron chi connectivity index (χ4n) is 1.83. The lowest BCUT2D eigenvalue weighted by atomic mass is 9.77. The molecule has 80 valence electrons. The number of aliphatic hydroxyl groups is 1. The van der Waals surface area contributed by atoms with Crippen molar-refractivity contribution in [3.05, 3.63) is 35.9 Å². The Morgan fingerprint density at radius 1 is 1.33 bits per heavy atom. The molecular weight excluding hydrogens is 190 g/mol. The number of amides is 1. The molecule has 1 aromatic rings. The van der Waals surface area contributed by atoms with Crippen LogP contribution in [0.2, 0.25) is 0 Å². The molecule has 2 rings (SSSR count). The third-order valence-electron chi connectivity index (χ3n) is 3.03. The van der Waals surface area contributed by atoms with E-state index in [4.69, 9.17) is 0 Å². The van der Waals surface area contributed by atoms with Gasteiger partial charge in [0.2, 0.25) is 0 Å². The molecular formula is C12H15NO2. The summed E-state index contributed by atoms with van der Waals surface area (Å²) in [6, 6.07) is 9.10. The summed E-state index contributed by atoms with van der Waals surface area (Å²) in [5, 5.41) is 12.1. The molecule has 1 aliphatic carbocycles. The lowest BCUT2D eigenvalue weighted by molar-refractivity contribution is 0.0641. The SMILES string of the molecule is O=C(NC1(CO)CCC1)c1ccccc1. The Labute approximate surface area is 89.1 Å². The van der Waals surface area contributed by atoms with Gasteiger partial charge in [-0.2, -0.15) is 0 Å². The van der Waals surface area contributed by atoms with Crippen LogP contribution in [0, 0.1) is 0 Å². The number of carbonyl (C=O) groups excluding carboxylic acids is 1. The zero-order chi connectivity index (χ0) is 10.7. The summed E-state index contributed by atoms with van der Waals surface area (Å²) in [4.78, 5) is 11.8. The van der Waals surface area contributed by atoms with Gasteiger partial charge >= 0.3 is 0 Å². The van der Waals surface area contributed by atoms with Crippen molar-refractivity contribution in [1.29, 1.82) is 0 Å². The maximum absolute atomic E-state index is 11.8. The van der Waals surface area contributed by atoms with Crippen LogP contribution < -0.4 is 5.32 Å². The van der Waals surface area contributed by atoms with E-state index in [0.29, 0.717) is 5.56 Å². The van der Waals surface area contributed by atoms with E-state index in [0.717, 1.165) is 19.3 Å². The van der Waals surface area contributed by atoms with Gasteiger partial charge in [0.1, 0.15) is 0 Å². The van der Waals surface area contributed by atoms with Crippen molar-refractivity contribution in [3.63, 3.8) is 0 Å². The standard InChI is InChI=1S/C12H15NO2/c14-9-12(7-4-8-12)13-11(15)10-5-2-1-3-6-10/h1-3,5-6,14H,4,7-9H2,(H,13,15). The van der Waals surface area contributed by atoms with Gasteiger partial charge in [-0.1, -0.05) is 18.2 Å². The van der Waals surface area contributed by atoms with Crippen LogP contribution in [-0.4, -0.2) is 23.2 Å². The Morgan fingerprint density at radius 3 is 2.47 bits per heavy atom. The maximum Gasteiger partial charge on any atom is 0.251 e. The fourth-order valence-corrected chi connectivity index (χ4v) is 1.83. The number of nitrogens with one attached hydrogen (secondary N) is 1. The molecule has 0 bridgehead atoms. The number of carbonyl (C=O) groups is 1. The molecule has 0 unspecified atom stereocenters. The van der Waals surface area contributed by atoms with E-state index in [9.17, 15) is 9.90 Å². The normalized spacial score (nSPS) is 17.9. The number of hydrogen-bond donors (Lipinski definition) is 2. The molecule has 1 fully saturated rings. The molecule has 15 heavy (non-hydrogen) atoms. The van der Waals surface area contributed by atoms with Crippen LogP contribution in [0.25, 0.3) is 0 Å². The molecule has 0 heterocycles. The first-order valence-corrected chi connectivity index (χ1v) is 5.24. The summed E-state index contributed by atoms with van der Waals surface area (Å²) in [7, 11) is 0. The Hall–Kier alpha value is -1.35. The van der Waals surface area contributed by atoms with Crippen LogP contribution in [0.5, 0.6) is 0 Å². The lowest BCUT2D eigenvalue weighted by Crippen LogP contribution is -2.56. The average Bonchev–Trinajstić information content (AvgIpc) is 2.24. The summed E-state index contributed by atoms with van der Waals surface area (Å²) in [5.74, 6) is -0.0932. The van der Waals surface area contributed by atoms with Crippen LogP contribution >= 0.6 is 0 Å². The summed E-state index contributed by atoms with van der Waals surface area (Å²) >= 11 is 0. The topological polar surface area (TPSA) is 49.3 Å². The number of benzene rings is 1. The van der Waals surface area contributed by atoms with Crippen molar-refractivity contribution in [2.75, 3.05) is 6.61 Å². The van der Waals surface area contributed by atoms with Crippen molar-refractivity contribution >= 4 is 5.91 Å². The molecule has 0 spiro atoms. The van der Waals surface area contributed by atoms with Gasteiger partial charge in [0, 0.05) is 5.56 Å². The third kappa shape index (κ3) is 2.02. The molecule has 0 aliphatic heterocycles. The summed E-state index contributed by atoms with van der Waals surface area (Å²) in [6.07, 6.45) is 2.83. The molecule has 3 heteroatoms. The van der Waals surface area contributed by atoms with Gasteiger partial charge in [0.15, 0.2) is 0 Å². The van der Waals surface area contributed by atoms with E-state index >= 15 is 0 Å². The van der Waals surface area contributed by atoms with E-state index < -0.39 is 0 Å². The highest BCUT2D eigenvalue weighted by atomic mass is 16.3. The number of rotatable bonds is 3. The van der Waals surface area contributed by atoms with E-state index in [1.807, 2.05) is 18.2 Å². The summed E-state index contributed by atoms with van der Waals surface area (Å²) in [6.45, 7) is 0.0333. The van der Waals surface area contributed by atoms with E-state index in [1.54, 1.807) is 12.1 Å². The van der Waals surface area contributed by atoms with Crippen molar-refractivity contribution in [2.24, 2.45) is 0 Å². The quantitative estimate of drug-likeness (QED) is 0.782. The number of aliphatic hydroxyl groups excluding tert-OH is 1. The highest BCUT2D eigenvalue weighted by Gasteiger charge is 2.37. The minimum atomic E-state index is -0.354. The fraction of sp³-hybridized carbons (Fsp3) is 0.417. The molecule has 1 aromatic carbocycles. The van der Waals surface area contributed by atoms with Crippen molar-refractivity contribution in [3.8, 4) is 0 Å². The second-order valence-corrected chi connectivity index (χ2v) is 4.11. The van der Waals surface area contributed by atoms with Crippen LogP contribution in [0.4, 0.5) is 0 Å². The molecule has 0 aromatic heterocycles. The van der Waals surface area contributed by atoms with Gasteiger partial charge in [-0.25, -0.2) is 0 Å².